The van der Waals surface area contributed by atoms with Crippen molar-refractivity contribution >= 4 is 6.21 Å². The Morgan fingerprint density at radius 1 is 0.541 bits per heavy atom. The van der Waals surface area contributed by atoms with Crippen molar-refractivity contribution in [1.29, 1.82) is 0 Å². The number of benzene rings is 4. The second-order valence-electron chi connectivity index (χ2n) is 8.75. The molecule has 0 fully saturated rings. The Morgan fingerprint density at radius 3 is 1.51 bits per heavy atom. The Morgan fingerprint density at radius 2 is 1.03 bits per heavy atom. The molecule has 178 valence electrons. The topological polar surface area (TPSA) is 60.3 Å². The fourth-order valence-corrected chi connectivity index (χ4v) is 4.24. The van der Waals surface area contributed by atoms with Gasteiger partial charge in [0.25, 0.3) is 0 Å². The maximum atomic E-state index is 6.10. The van der Waals surface area contributed by atoms with Crippen LogP contribution in [0.4, 0.5) is 0 Å². The van der Waals surface area contributed by atoms with Crippen molar-refractivity contribution in [3.8, 4) is 45.7 Å². The van der Waals surface area contributed by atoms with Crippen LogP contribution in [0.1, 0.15) is 17.9 Å². The molecule has 6 rings (SSSR count). The van der Waals surface area contributed by atoms with E-state index in [9.17, 15) is 0 Å². The molecule has 0 radical (unpaired) electrons. The molecule has 0 amide bonds. The largest absolute Gasteiger partial charge is 0.457 e. The van der Waals surface area contributed by atoms with Crippen molar-refractivity contribution in [3.63, 3.8) is 0 Å². The number of aliphatic imine (C=N–C) groups is 1. The van der Waals surface area contributed by atoms with Crippen LogP contribution in [-0.4, -0.2) is 21.2 Å². The number of hydrogen-bond donors (Lipinski definition) is 0. The summed E-state index contributed by atoms with van der Waals surface area (Å²) in [6, 6.07) is 36.0. The molecule has 1 aliphatic rings. The SMILES string of the molecule is C1=CC(c2ccc(Oc3ccc(-c4nc(-c5ccccc5)nc(-c5ccccc5)n4)cc3)cc2)CC=N1. The van der Waals surface area contributed by atoms with Gasteiger partial charge >= 0.3 is 0 Å². The van der Waals surface area contributed by atoms with Crippen LogP contribution in [0.2, 0.25) is 0 Å². The molecule has 0 aliphatic carbocycles. The number of nitrogens with zero attached hydrogens (tertiary/aromatic N) is 4. The fraction of sp³-hybridized carbons (Fsp3) is 0.0625. The number of ether oxygens (including phenoxy) is 1. The summed E-state index contributed by atoms with van der Waals surface area (Å²) in [5.41, 5.74) is 4.04. The van der Waals surface area contributed by atoms with Crippen molar-refractivity contribution in [3.05, 3.63) is 127 Å². The molecule has 5 heteroatoms. The zero-order valence-corrected chi connectivity index (χ0v) is 20.1. The molecule has 1 aromatic heterocycles. The van der Waals surface area contributed by atoms with E-state index in [0.717, 1.165) is 34.6 Å². The Kier molecular flexibility index (Phi) is 6.33. The molecular formula is C32H24N4O. The van der Waals surface area contributed by atoms with E-state index < -0.39 is 0 Å². The molecular weight excluding hydrogens is 456 g/mol. The van der Waals surface area contributed by atoms with Crippen molar-refractivity contribution in [2.45, 2.75) is 12.3 Å². The van der Waals surface area contributed by atoms with Gasteiger partial charge in [0.05, 0.1) is 0 Å². The van der Waals surface area contributed by atoms with Gasteiger partial charge in [0.2, 0.25) is 0 Å². The first-order valence-electron chi connectivity index (χ1n) is 12.3. The lowest BCUT2D eigenvalue weighted by molar-refractivity contribution is 0.482. The summed E-state index contributed by atoms with van der Waals surface area (Å²) >= 11 is 0. The average Bonchev–Trinajstić information content (AvgIpc) is 2.99. The second kappa shape index (κ2) is 10.4. The third kappa shape index (κ3) is 5.21. The van der Waals surface area contributed by atoms with Gasteiger partial charge in [-0.2, -0.15) is 0 Å². The maximum absolute atomic E-state index is 6.10. The van der Waals surface area contributed by atoms with Crippen molar-refractivity contribution in [1.82, 2.24) is 15.0 Å². The minimum atomic E-state index is 0.368. The Hall–Kier alpha value is -4.90. The quantitative estimate of drug-likeness (QED) is 0.249. The maximum Gasteiger partial charge on any atom is 0.164 e. The van der Waals surface area contributed by atoms with Crippen LogP contribution in [0.5, 0.6) is 11.5 Å². The number of hydrogen-bond acceptors (Lipinski definition) is 5. The number of rotatable bonds is 6. The smallest absolute Gasteiger partial charge is 0.164 e. The van der Waals surface area contributed by atoms with Crippen LogP contribution in [0, 0.1) is 0 Å². The predicted octanol–water partition coefficient (Wildman–Crippen LogP) is 7.74. The van der Waals surface area contributed by atoms with Crippen LogP contribution >= 0.6 is 0 Å². The van der Waals surface area contributed by atoms with Crippen molar-refractivity contribution in [2.75, 3.05) is 0 Å². The molecule has 0 saturated carbocycles. The van der Waals surface area contributed by atoms with E-state index >= 15 is 0 Å². The van der Waals surface area contributed by atoms with E-state index in [1.54, 1.807) is 0 Å². The highest BCUT2D eigenvalue weighted by molar-refractivity contribution is 5.66. The monoisotopic (exact) mass is 480 g/mol. The third-order valence-electron chi connectivity index (χ3n) is 6.23. The molecule has 37 heavy (non-hydrogen) atoms. The van der Waals surface area contributed by atoms with Gasteiger partial charge in [-0.15, -0.1) is 0 Å². The van der Waals surface area contributed by atoms with Gasteiger partial charge in [-0.05, 0) is 48.4 Å². The highest BCUT2D eigenvalue weighted by Crippen LogP contribution is 2.29. The van der Waals surface area contributed by atoms with E-state index in [0.29, 0.717) is 23.4 Å². The average molecular weight is 481 g/mol. The third-order valence-corrected chi connectivity index (χ3v) is 6.23. The summed E-state index contributed by atoms with van der Waals surface area (Å²) in [5.74, 6) is 3.82. The van der Waals surface area contributed by atoms with Crippen LogP contribution in [0.15, 0.2) is 126 Å². The summed E-state index contributed by atoms with van der Waals surface area (Å²) in [5, 5.41) is 0. The Bertz CT molecular complexity index is 1490. The minimum Gasteiger partial charge on any atom is -0.457 e. The first kappa shape index (κ1) is 22.6. The molecule has 1 aliphatic heterocycles. The summed E-state index contributed by atoms with van der Waals surface area (Å²) in [7, 11) is 0. The highest BCUT2D eigenvalue weighted by Gasteiger charge is 2.13. The van der Waals surface area contributed by atoms with Gasteiger partial charge in [-0.1, -0.05) is 78.9 Å². The first-order valence-corrected chi connectivity index (χ1v) is 12.3. The summed E-state index contributed by atoms with van der Waals surface area (Å²) in [6.07, 6.45) is 6.86. The lowest BCUT2D eigenvalue weighted by Crippen LogP contribution is -2.00. The molecule has 0 saturated heterocycles. The summed E-state index contributed by atoms with van der Waals surface area (Å²) in [4.78, 5) is 18.5. The van der Waals surface area contributed by atoms with Crippen LogP contribution < -0.4 is 4.74 Å². The van der Waals surface area contributed by atoms with Crippen molar-refractivity contribution in [2.24, 2.45) is 4.99 Å². The zero-order valence-electron chi connectivity index (χ0n) is 20.1. The second-order valence-corrected chi connectivity index (χ2v) is 8.75. The van der Waals surface area contributed by atoms with Gasteiger partial charge in [-0.25, -0.2) is 15.0 Å². The molecule has 0 spiro atoms. The Labute approximate surface area is 215 Å². The van der Waals surface area contributed by atoms with Gasteiger partial charge < -0.3 is 4.74 Å². The fourth-order valence-electron chi connectivity index (χ4n) is 4.24. The van der Waals surface area contributed by atoms with Gasteiger partial charge in [0.15, 0.2) is 17.5 Å². The number of allylic oxidation sites excluding steroid dienone is 1. The van der Waals surface area contributed by atoms with Crippen LogP contribution in [0.25, 0.3) is 34.2 Å². The van der Waals surface area contributed by atoms with Gasteiger partial charge in [0, 0.05) is 35.0 Å². The molecule has 5 aromatic rings. The normalized spacial score (nSPS) is 14.4. The molecule has 0 bridgehead atoms. The van der Waals surface area contributed by atoms with Gasteiger partial charge in [-0.3, -0.25) is 4.99 Å². The molecule has 1 unspecified atom stereocenters. The molecule has 1 atom stereocenters. The lowest BCUT2D eigenvalue weighted by atomic mass is 9.95. The van der Waals surface area contributed by atoms with Crippen LogP contribution in [0.3, 0.4) is 0 Å². The molecule has 4 aromatic carbocycles. The predicted molar refractivity (Wildman–Crippen MR) is 148 cm³/mol. The first-order chi connectivity index (χ1) is 18.3. The summed E-state index contributed by atoms with van der Waals surface area (Å²) < 4.78 is 6.10. The Balaban J connectivity index is 1.26. The zero-order chi connectivity index (χ0) is 24.9. The molecule has 0 N–H and O–H groups in total. The minimum absolute atomic E-state index is 0.368. The van der Waals surface area contributed by atoms with E-state index in [1.165, 1.54) is 5.56 Å². The van der Waals surface area contributed by atoms with E-state index in [1.807, 2.05) is 109 Å². The van der Waals surface area contributed by atoms with Crippen molar-refractivity contribution < 1.29 is 4.74 Å². The van der Waals surface area contributed by atoms with Crippen LogP contribution in [-0.2, 0) is 0 Å². The molecule has 2 heterocycles. The van der Waals surface area contributed by atoms with E-state index in [2.05, 4.69) is 23.2 Å². The van der Waals surface area contributed by atoms with E-state index in [4.69, 9.17) is 19.7 Å². The standard InChI is InChI=1S/C32H24N4O/c1-3-7-25(8-4-1)30-34-31(26-9-5-2-6-10-26)36-32(35-30)27-13-17-29(18-14-27)37-28-15-11-23(12-16-28)24-19-21-33-22-20-24/h1-19,21-22,24H,20H2. The highest BCUT2D eigenvalue weighted by atomic mass is 16.5. The number of aromatic nitrogens is 3. The lowest BCUT2D eigenvalue weighted by Gasteiger charge is -2.13. The molecule has 5 nitrogen and oxygen atoms in total. The summed E-state index contributed by atoms with van der Waals surface area (Å²) in [6.45, 7) is 0. The van der Waals surface area contributed by atoms with E-state index in [-0.39, 0.29) is 0 Å². The van der Waals surface area contributed by atoms with Gasteiger partial charge in [0.1, 0.15) is 11.5 Å².